The van der Waals surface area contributed by atoms with Crippen LogP contribution in [0.25, 0.3) is 0 Å². The van der Waals surface area contributed by atoms with Gasteiger partial charge >= 0.3 is 0 Å². The van der Waals surface area contributed by atoms with Crippen molar-refractivity contribution in [1.82, 2.24) is 10.3 Å². The van der Waals surface area contributed by atoms with Crippen LogP contribution in [0.3, 0.4) is 0 Å². The van der Waals surface area contributed by atoms with Crippen molar-refractivity contribution in [3.8, 4) is 5.88 Å². The molecular weight excluding hydrogens is 380 g/mol. The van der Waals surface area contributed by atoms with E-state index in [-0.39, 0.29) is 23.0 Å². The molecule has 0 spiro atoms. The highest BCUT2D eigenvalue weighted by Gasteiger charge is 2.19. The molecule has 1 aromatic heterocycles. The summed E-state index contributed by atoms with van der Waals surface area (Å²) >= 11 is 0. The van der Waals surface area contributed by atoms with Gasteiger partial charge < -0.3 is 19.8 Å². The van der Waals surface area contributed by atoms with Crippen molar-refractivity contribution in [3.63, 3.8) is 0 Å². The van der Waals surface area contributed by atoms with Crippen LogP contribution in [-0.4, -0.2) is 37.3 Å². The Balaban J connectivity index is 1.74. The van der Waals surface area contributed by atoms with Crippen molar-refractivity contribution in [3.05, 3.63) is 62.9 Å². The van der Waals surface area contributed by atoms with Crippen LogP contribution in [0.2, 0.25) is 0 Å². The van der Waals surface area contributed by atoms with Gasteiger partial charge in [-0.15, -0.1) is 0 Å². The molecule has 30 heavy (non-hydrogen) atoms. The summed E-state index contributed by atoms with van der Waals surface area (Å²) in [6.07, 6.45) is 6.67. The summed E-state index contributed by atoms with van der Waals surface area (Å²) in [5.41, 5.74) is 2.91. The third-order valence-electron chi connectivity index (χ3n) is 5.46. The quantitative estimate of drug-likeness (QED) is 0.661. The van der Waals surface area contributed by atoms with Crippen LogP contribution < -0.4 is 15.5 Å². The second-order valence-corrected chi connectivity index (χ2v) is 7.80. The van der Waals surface area contributed by atoms with Crippen molar-refractivity contribution in [1.29, 1.82) is 0 Å². The molecule has 1 aliphatic heterocycles. The van der Waals surface area contributed by atoms with Gasteiger partial charge in [-0.1, -0.05) is 37.6 Å². The molecule has 0 aliphatic carbocycles. The number of H-pyrrole nitrogens is 1. The van der Waals surface area contributed by atoms with Crippen LogP contribution in [0.15, 0.2) is 35.1 Å². The number of hydrogen-bond acceptors (Lipinski definition) is 4. The molecule has 1 fully saturated rings. The van der Waals surface area contributed by atoms with Gasteiger partial charge in [0.05, 0.1) is 6.10 Å². The SMILES string of the molecule is CCCc1ccc(CCc2[nH]c(OCC3CCCCO3)cc(=O)c2C(=O)NC)cc1. The first kappa shape index (κ1) is 22.1. The van der Waals surface area contributed by atoms with Crippen molar-refractivity contribution < 1.29 is 14.3 Å². The standard InChI is InChI=1S/C24H32N2O4/c1-3-6-17-8-10-18(11-9-17)12-13-20-23(24(28)25-2)21(27)15-22(26-20)30-16-19-7-4-5-14-29-19/h8-11,15,19H,3-7,12-14,16H2,1-2H3,(H,25,28)(H,26,27). The van der Waals surface area contributed by atoms with Gasteiger partial charge in [0.2, 0.25) is 0 Å². The predicted octanol–water partition coefficient (Wildman–Crippen LogP) is 3.42. The Morgan fingerprint density at radius 3 is 2.53 bits per heavy atom. The number of carbonyl (C=O) groups is 1. The van der Waals surface area contributed by atoms with Crippen LogP contribution in [0.5, 0.6) is 5.88 Å². The summed E-state index contributed by atoms with van der Waals surface area (Å²) in [7, 11) is 1.53. The maximum atomic E-state index is 12.6. The number of benzene rings is 1. The summed E-state index contributed by atoms with van der Waals surface area (Å²) in [6, 6.07) is 9.87. The van der Waals surface area contributed by atoms with Gasteiger partial charge in [-0.3, -0.25) is 9.59 Å². The van der Waals surface area contributed by atoms with E-state index in [4.69, 9.17) is 9.47 Å². The van der Waals surface area contributed by atoms with E-state index in [0.717, 1.165) is 45.1 Å². The first-order chi connectivity index (χ1) is 14.6. The number of hydrogen-bond donors (Lipinski definition) is 2. The van der Waals surface area contributed by atoms with Crippen LogP contribution in [0.1, 0.15) is 59.8 Å². The highest BCUT2D eigenvalue weighted by atomic mass is 16.5. The van der Waals surface area contributed by atoms with Gasteiger partial charge in [-0.2, -0.15) is 0 Å². The number of carbonyl (C=O) groups excluding carboxylic acids is 1. The molecule has 0 radical (unpaired) electrons. The molecule has 1 aromatic carbocycles. The van der Waals surface area contributed by atoms with E-state index < -0.39 is 0 Å². The lowest BCUT2D eigenvalue weighted by atomic mass is 10.0. The molecule has 162 valence electrons. The smallest absolute Gasteiger partial charge is 0.256 e. The van der Waals surface area contributed by atoms with E-state index in [1.54, 1.807) is 0 Å². The lowest BCUT2D eigenvalue weighted by molar-refractivity contribution is -0.0120. The summed E-state index contributed by atoms with van der Waals surface area (Å²) in [4.78, 5) is 28.1. The Morgan fingerprint density at radius 2 is 1.90 bits per heavy atom. The minimum Gasteiger partial charge on any atom is -0.476 e. The highest BCUT2D eigenvalue weighted by molar-refractivity contribution is 5.95. The second kappa shape index (κ2) is 11.0. The Morgan fingerprint density at radius 1 is 1.17 bits per heavy atom. The summed E-state index contributed by atoms with van der Waals surface area (Å²) in [5.74, 6) is 0.00169. The minimum absolute atomic E-state index is 0.0472. The number of aromatic amines is 1. The molecule has 1 atom stereocenters. The van der Waals surface area contributed by atoms with Gasteiger partial charge in [0.15, 0.2) is 11.3 Å². The van der Waals surface area contributed by atoms with Gasteiger partial charge in [-0.05, 0) is 49.7 Å². The summed E-state index contributed by atoms with van der Waals surface area (Å²) in [6.45, 7) is 3.32. The summed E-state index contributed by atoms with van der Waals surface area (Å²) < 4.78 is 11.5. The molecule has 1 saturated heterocycles. The lowest BCUT2D eigenvalue weighted by Crippen LogP contribution is -2.29. The fourth-order valence-electron chi connectivity index (χ4n) is 3.78. The maximum absolute atomic E-state index is 12.6. The van der Waals surface area contributed by atoms with E-state index in [0.29, 0.717) is 24.6 Å². The van der Waals surface area contributed by atoms with Gasteiger partial charge in [-0.25, -0.2) is 0 Å². The molecule has 0 bridgehead atoms. The van der Waals surface area contributed by atoms with E-state index in [9.17, 15) is 9.59 Å². The first-order valence-corrected chi connectivity index (χ1v) is 10.9. The van der Waals surface area contributed by atoms with Crippen LogP contribution in [0, 0.1) is 0 Å². The zero-order valence-electron chi connectivity index (χ0n) is 18.0. The average Bonchev–Trinajstić information content (AvgIpc) is 2.77. The fraction of sp³-hybridized carbons (Fsp3) is 0.500. The topological polar surface area (TPSA) is 80.4 Å². The molecular formula is C24H32N2O4. The maximum Gasteiger partial charge on any atom is 0.256 e. The molecule has 1 aliphatic rings. The molecule has 2 N–H and O–H groups in total. The molecule has 6 heteroatoms. The predicted molar refractivity (Wildman–Crippen MR) is 117 cm³/mol. The van der Waals surface area contributed by atoms with Crippen LogP contribution in [0.4, 0.5) is 0 Å². The van der Waals surface area contributed by atoms with E-state index in [1.165, 1.54) is 24.2 Å². The van der Waals surface area contributed by atoms with Crippen molar-refractivity contribution in [2.45, 2.75) is 58.0 Å². The zero-order chi connectivity index (χ0) is 21.3. The first-order valence-electron chi connectivity index (χ1n) is 10.9. The third kappa shape index (κ3) is 5.95. The van der Waals surface area contributed by atoms with Gasteiger partial charge in [0.25, 0.3) is 5.91 Å². The molecule has 2 heterocycles. The molecule has 1 amide bonds. The minimum atomic E-state index is -0.383. The number of ether oxygens (including phenoxy) is 2. The molecule has 6 nitrogen and oxygen atoms in total. The monoisotopic (exact) mass is 412 g/mol. The molecule has 3 rings (SSSR count). The van der Waals surface area contributed by atoms with Gasteiger partial charge in [0.1, 0.15) is 12.2 Å². The number of amides is 1. The van der Waals surface area contributed by atoms with E-state index in [2.05, 4.69) is 41.5 Å². The fourth-order valence-corrected chi connectivity index (χ4v) is 3.78. The average molecular weight is 413 g/mol. The Hall–Kier alpha value is -2.60. The lowest BCUT2D eigenvalue weighted by Gasteiger charge is -2.22. The number of pyridine rings is 1. The number of rotatable bonds is 9. The Kier molecular flexibility index (Phi) is 8.08. The van der Waals surface area contributed by atoms with Crippen LogP contribution >= 0.6 is 0 Å². The van der Waals surface area contributed by atoms with Crippen LogP contribution in [-0.2, 0) is 24.0 Å². The normalized spacial score (nSPS) is 16.3. The van der Waals surface area contributed by atoms with E-state index >= 15 is 0 Å². The van der Waals surface area contributed by atoms with Crippen molar-refractivity contribution >= 4 is 5.91 Å². The number of aromatic nitrogens is 1. The zero-order valence-corrected chi connectivity index (χ0v) is 18.0. The third-order valence-corrected chi connectivity index (χ3v) is 5.46. The number of aryl methyl sites for hydroxylation is 3. The van der Waals surface area contributed by atoms with Gasteiger partial charge in [0, 0.05) is 25.4 Å². The highest BCUT2D eigenvalue weighted by Crippen LogP contribution is 2.17. The molecule has 2 aromatic rings. The van der Waals surface area contributed by atoms with Crippen molar-refractivity contribution in [2.75, 3.05) is 20.3 Å². The Bertz CT molecular complexity index is 883. The van der Waals surface area contributed by atoms with E-state index in [1.807, 2.05) is 0 Å². The number of nitrogens with one attached hydrogen (secondary N) is 2. The molecule has 0 saturated carbocycles. The largest absolute Gasteiger partial charge is 0.476 e. The summed E-state index contributed by atoms with van der Waals surface area (Å²) in [5, 5.41) is 2.57. The van der Waals surface area contributed by atoms with Crippen molar-refractivity contribution in [2.24, 2.45) is 0 Å². The molecule has 1 unspecified atom stereocenters. The second-order valence-electron chi connectivity index (χ2n) is 7.80. The Labute approximate surface area is 178 Å².